The molecule has 0 atom stereocenters. The summed E-state index contributed by atoms with van der Waals surface area (Å²) < 4.78 is 0. The van der Waals surface area contributed by atoms with E-state index in [2.05, 4.69) is 146 Å². The highest BCUT2D eigenvalue weighted by Crippen LogP contribution is 2.70. The van der Waals surface area contributed by atoms with Gasteiger partial charge in [-0.05, 0) is 160 Å². The third kappa shape index (κ3) is 3.81. The number of benzene rings is 6. The van der Waals surface area contributed by atoms with Crippen LogP contribution < -0.4 is 4.90 Å². The van der Waals surface area contributed by atoms with Crippen molar-refractivity contribution in [2.45, 2.75) is 87.9 Å². The minimum atomic E-state index is -0.0726. The topological polar surface area (TPSA) is 3.24 Å². The van der Waals surface area contributed by atoms with E-state index in [9.17, 15) is 0 Å². The second kappa shape index (κ2) is 10.7. The molecule has 0 radical (unpaired) electrons. The summed E-state index contributed by atoms with van der Waals surface area (Å²) in [5, 5.41) is 0. The Bertz CT molecular complexity index is 2590. The fourth-order valence-electron chi connectivity index (χ4n) is 14.7. The molecule has 0 unspecified atom stereocenters. The zero-order chi connectivity index (χ0) is 36.3. The molecule has 0 saturated heterocycles. The highest BCUT2D eigenvalue weighted by atomic mass is 15.1. The van der Waals surface area contributed by atoms with Gasteiger partial charge in [-0.2, -0.15) is 0 Å². The first-order valence-corrected chi connectivity index (χ1v) is 21.5. The second-order valence-electron chi connectivity index (χ2n) is 19.2. The fraction of sp³-hybridized carbons (Fsp3) is 0.333. The van der Waals surface area contributed by atoms with Crippen LogP contribution in [-0.4, -0.2) is 0 Å². The van der Waals surface area contributed by atoms with Gasteiger partial charge in [-0.3, -0.25) is 0 Å². The molecule has 0 heterocycles. The van der Waals surface area contributed by atoms with Crippen molar-refractivity contribution < 1.29 is 0 Å². The molecule has 8 aliphatic carbocycles. The number of hydrogen-bond donors (Lipinski definition) is 0. The van der Waals surface area contributed by atoms with E-state index in [0.717, 1.165) is 23.7 Å². The molecule has 55 heavy (non-hydrogen) atoms. The van der Waals surface area contributed by atoms with Crippen molar-refractivity contribution in [2.75, 3.05) is 4.90 Å². The molecule has 5 fully saturated rings. The van der Waals surface area contributed by atoms with Crippen molar-refractivity contribution in [3.05, 3.63) is 161 Å². The van der Waals surface area contributed by atoms with E-state index in [0.29, 0.717) is 0 Å². The van der Waals surface area contributed by atoms with Gasteiger partial charge < -0.3 is 4.90 Å². The van der Waals surface area contributed by atoms with Gasteiger partial charge in [0, 0.05) is 33.2 Å². The van der Waals surface area contributed by atoms with Crippen molar-refractivity contribution >= 4 is 17.1 Å². The Morgan fingerprint density at radius 1 is 0.455 bits per heavy atom. The zero-order valence-electron chi connectivity index (χ0n) is 32.2. The van der Waals surface area contributed by atoms with Crippen LogP contribution in [0, 0.1) is 23.7 Å². The average Bonchev–Trinajstić information content (AvgIpc) is 3.95. The maximum atomic E-state index is 2.70. The van der Waals surface area contributed by atoms with E-state index in [-0.39, 0.29) is 16.2 Å². The van der Waals surface area contributed by atoms with Gasteiger partial charge in [0.15, 0.2) is 0 Å². The van der Waals surface area contributed by atoms with E-state index in [1.165, 1.54) is 119 Å². The monoisotopic (exact) mass is 711 g/mol. The molecule has 8 aliphatic rings. The molecule has 14 rings (SSSR count). The lowest BCUT2D eigenvalue weighted by molar-refractivity contribution is -0.0399. The number of fused-ring (bicyclic) bond motifs is 11. The number of anilines is 3. The maximum Gasteiger partial charge on any atom is 0.0543 e. The SMILES string of the molecule is CC1(C)c2ccccc2-c2ccc(N(c3ccc4c(c3)C3(c5ccccc5-4)C4CC5CC(C4)CC3C5)c3cccc4c3-c3ccccc3C43CCCC3)cc21. The van der Waals surface area contributed by atoms with Gasteiger partial charge in [0.25, 0.3) is 0 Å². The number of nitrogens with zero attached hydrogens (tertiary/aromatic N) is 1. The van der Waals surface area contributed by atoms with Crippen LogP contribution in [0.25, 0.3) is 33.4 Å². The molecule has 1 heteroatoms. The van der Waals surface area contributed by atoms with Gasteiger partial charge in [0.1, 0.15) is 0 Å². The molecule has 1 nitrogen and oxygen atoms in total. The Morgan fingerprint density at radius 3 is 1.67 bits per heavy atom. The Morgan fingerprint density at radius 2 is 0.982 bits per heavy atom. The molecule has 4 bridgehead atoms. The van der Waals surface area contributed by atoms with Crippen LogP contribution in [-0.2, 0) is 16.2 Å². The van der Waals surface area contributed by atoms with Crippen molar-refractivity contribution in [3.8, 4) is 33.4 Å². The molecule has 2 spiro atoms. The lowest BCUT2D eigenvalue weighted by Crippen LogP contribution is -2.55. The molecular weight excluding hydrogens is 663 g/mol. The fourth-order valence-corrected chi connectivity index (χ4v) is 14.7. The van der Waals surface area contributed by atoms with Gasteiger partial charge in [-0.1, -0.05) is 124 Å². The van der Waals surface area contributed by atoms with Crippen LogP contribution >= 0.6 is 0 Å². The summed E-state index contributed by atoms with van der Waals surface area (Å²) >= 11 is 0. The largest absolute Gasteiger partial charge is 0.310 e. The van der Waals surface area contributed by atoms with Crippen molar-refractivity contribution in [1.82, 2.24) is 0 Å². The van der Waals surface area contributed by atoms with Crippen LogP contribution in [0.2, 0.25) is 0 Å². The first-order valence-electron chi connectivity index (χ1n) is 21.5. The number of hydrogen-bond acceptors (Lipinski definition) is 1. The van der Waals surface area contributed by atoms with Gasteiger partial charge in [-0.25, -0.2) is 0 Å². The molecule has 0 amide bonds. The Kier molecular flexibility index (Phi) is 6.09. The lowest BCUT2D eigenvalue weighted by atomic mass is 9.43. The zero-order valence-corrected chi connectivity index (χ0v) is 32.2. The molecular formula is C54H49N. The molecule has 0 aliphatic heterocycles. The predicted molar refractivity (Wildman–Crippen MR) is 227 cm³/mol. The van der Waals surface area contributed by atoms with E-state index < -0.39 is 0 Å². The summed E-state index contributed by atoms with van der Waals surface area (Å²) in [6.45, 7) is 4.85. The Labute approximate surface area is 326 Å². The number of rotatable bonds is 3. The van der Waals surface area contributed by atoms with Crippen molar-refractivity contribution in [3.63, 3.8) is 0 Å². The van der Waals surface area contributed by atoms with Gasteiger partial charge in [-0.15, -0.1) is 0 Å². The van der Waals surface area contributed by atoms with Crippen LogP contribution in [0.3, 0.4) is 0 Å². The smallest absolute Gasteiger partial charge is 0.0543 e. The van der Waals surface area contributed by atoms with Gasteiger partial charge >= 0.3 is 0 Å². The van der Waals surface area contributed by atoms with Crippen LogP contribution in [0.5, 0.6) is 0 Å². The highest BCUT2D eigenvalue weighted by Gasteiger charge is 2.61. The average molecular weight is 712 g/mol. The summed E-state index contributed by atoms with van der Waals surface area (Å²) in [4.78, 5) is 2.69. The van der Waals surface area contributed by atoms with Gasteiger partial charge in [0.05, 0.1) is 5.69 Å². The van der Waals surface area contributed by atoms with Crippen LogP contribution in [0.15, 0.2) is 127 Å². The Hall–Kier alpha value is -4.88. The summed E-state index contributed by atoms with van der Waals surface area (Å²) in [5.74, 6) is 3.34. The molecule has 5 saturated carbocycles. The third-order valence-electron chi connectivity index (χ3n) is 16.6. The summed E-state index contributed by atoms with van der Waals surface area (Å²) in [6, 6.07) is 50.5. The highest BCUT2D eigenvalue weighted by molar-refractivity contribution is 5.97. The quantitative estimate of drug-likeness (QED) is 0.177. The molecule has 0 aromatic heterocycles. The van der Waals surface area contributed by atoms with E-state index in [1.54, 1.807) is 22.3 Å². The summed E-state index contributed by atoms with van der Waals surface area (Å²) in [5.41, 5.74) is 22.0. The van der Waals surface area contributed by atoms with E-state index >= 15 is 0 Å². The lowest BCUT2D eigenvalue weighted by Gasteiger charge is -2.61. The van der Waals surface area contributed by atoms with Crippen molar-refractivity contribution in [2.24, 2.45) is 23.7 Å². The normalized spacial score (nSPS) is 27.2. The summed E-state index contributed by atoms with van der Waals surface area (Å²) in [7, 11) is 0. The first kappa shape index (κ1) is 31.3. The van der Waals surface area contributed by atoms with E-state index in [4.69, 9.17) is 0 Å². The minimum Gasteiger partial charge on any atom is -0.310 e. The molecule has 0 N–H and O–H groups in total. The van der Waals surface area contributed by atoms with Crippen LogP contribution in [0.1, 0.15) is 105 Å². The second-order valence-corrected chi connectivity index (χ2v) is 19.2. The maximum absolute atomic E-state index is 2.70. The summed E-state index contributed by atoms with van der Waals surface area (Å²) in [6.07, 6.45) is 12.2. The predicted octanol–water partition coefficient (Wildman–Crippen LogP) is 14.0. The van der Waals surface area contributed by atoms with Crippen molar-refractivity contribution in [1.29, 1.82) is 0 Å². The molecule has 6 aromatic carbocycles. The first-order chi connectivity index (χ1) is 27.0. The molecule has 270 valence electrons. The minimum absolute atomic E-state index is 0.0726. The van der Waals surface area contributed by atoms with E-state index in [1.807, 2.05) is 0 Å². The Balaban J connectivity index is 1.07. The molecule has 6 aromatic rings. The van der Waals surface area contributed by atoms with Crippen LogP contribution in [0.4, 0.5) is 17.1 Å². The standard InChI is InChI=1S/C54H49N/c1-52(2)44-15-6-3-12-39(44)41-22-20-37(31-48(41)52)55(50-19-11-18-47-51(50)43-14-5-7-16-45(43)53(47)24-9-10-25-53)38-21-23-42-40-13-4-8-17-46(40)54(49(42)32-38)35-27-33-26-34(29-35)30-36(54)28-33/h3-8,11-23,31-36H,9-10,24-30H2,1-2H3. The van der Waals surface area contributed by atoms with Gasteiger partial charge in [0.2, 0.25) is 0 Å². The third-order valence-corrected chi connectivity index (χ3v) is 16.6.